The Bertz CT molecular complexity index is 810. The van der Waals surface area contributed by atoms with E-state index in [-0.39, 0.29) is 16.7 Å². The smallest absolute Gasteiger partial charge is 0.163 e. The maximum atomic E-state index is 13.7. The van der Waals surface area contributed by atoms with Gasteiger partial charge in [0.2, 0.25) is 0 Å². The maximum absolute atomic E-state index is 13.7. The average Bonchev–Trinajstić information content (AvgIpc) is 2.51. The van der Waals surface area contributed by atoms with Crippen molar-refractivity contribution in [2.24, 2.45) is 0 Å². The van der Waals surface area contributed by atoms with Gasteiger partial charge in [0.15, 0.2) is 5.82 Å². The van der Waals surface area contributed by atoms with Gasteiger partial charge in [0, 0.05) is 17.7 Å². The number of anilines is 2. The fourth-order valence-corrected chi connectivity index (χ4v) is 2.11. The van der Waals surface area contributed by atoms with Crippen LogP contribution in [0.2, 0.25) is 5.15 Å². The number of hydrogen-bond acceptors (Lipinski definition) is 3. The van der Waals surface area contributed by atoms with Crippen LogP contribution in [0.25, 0.3) is 11.4 Å². The first-order valence-corrected chi connectivity index (χ1v) is 6.82. The number of nitrogens with one attached hydrogen (secondary N) is 1. The van der Waals surface area contributed by atoms with Crippen LogP contribution in [0.4, 0.5) is 20.3 Å². The molecule has 0 radical (unpaired) electrons. The SMILES string of the molecule is Fc1ccc(F)c(Nc2cc(Cl)nc(-c3ccccc3)n2)c1. The topological polar surface area (TPSA) is 37.8 Å². The Morgan fingerprint density at radius 1 is 0.909 bits per heavy atom. The molecule has 0 atom stereocenters. The molecule has 3 nitrogen and oxygen atoms in total. The second-order valence-electron chi connectivity index (χ2n) is 4.51. The molecule has 0 aliphatic carbocycles. The van der Waals surface area contributed by atoms with E-state index >= 15 is 0 Å². The van der Waals surface area contributed by atoms with Crippen LogP contribution in [0.3, 0.4) is 0 Å². The summed E-state index contributed by atoms with van der Waals surface area (Å²) in [6, 6.07) is 13.8. The van der Waals surface area contributed by atoms with Gasteiger partial charge in [-0.1, -0.05) is 41.9 Å². The van der Waals surface area contributed by atoms with Gasteiger partial charge in [0.1, 0.15) is 22.6 Å². The largest absolute Gasteiger partial charge is 0.338 e. The lowest BCUT2D eigenvalue weighted by Crippen LogP contribution is -2.00. The third-order valence-corrected chi connectivity index (χ3v) is 3.11. The molecular formula is C16H10ClF2N3. The Kier molecular flexibility index (Phi) is 3.98. The molecule has 1 aromatic heterocycles. The highest BCUT2D eigenvalue weighted by Gasteiger charge is 2.09. The van der Waals surface area contributed by atoms with Crippen molar-refractivity contribution < 1.29 is 8.78 Å². The molecule has 1 N–H and O–H groups in total. The number of halogens is 3. The van der Waals surface area contributed by atoms with E-state index in [0.29, 0.717) is 5.82 Å². The van der Waals surface area contributed by atoms with Crippen molar-refractivity contribution in [3.63, 3.8) is 0 Å². The van der Waals surface area contributed by atoms with Gasteiger partial charge in [-0.05, 0) is 12.1 Å². The molecule has 0 spiro atoms. The van der Waals surface area contributed by atoms with Crippen LogP contribution in [0, 0.1) is 11.6 Å². The van der Waals surface area contributed by atoms with Gasteiger partial charge in [-0.15, -0.1) is 0 Å². The second-order valence-corrected chi connectivity index (χ2v) is 4.90. The lowest BCUT2D eigenvalue weighted by atomic mass is 10.2. The zero-order valence-electron chi connectivity index (χ0n) is 11.2. The van der Waals surface area contributed by atoms with Crippen molar-refractivity contribution in [3.8, 4) is 11.4 Å². The minimum atomic E-state index is -0.586. The van der Waals surface area contributed by atoms with Crippen LogP contribution in [-0.4, -0.2) is 9.97 Å². The lowest BCUT2D eigenvalue weighted by Gasteiger charge is -2.09. The standard InChI is InChI=1S/C16H10ClF2N3/c17-14-9-15(20-13-8-11(18)6-7-12(13)19)22-16(21-14)10-4-2-1-3-5-10/h1-9H,(H,20,21,22). The van der Waals surface area contributed by atoms with E-state index in [0.717, 1.165) is 23.8 Å². The molecule has 22 heavy (non-hydrogen) atoms. The first-order valence-electron chi connectivity index (χ1n) is 6.44. The predicted octanol–water partition coefficient (Wildman–Crippen LogP) is 4.82. The molecule has 3 rings (SSSR count). The summed E-state index contributed by atoms with van der Waals surface area (Å²) in [5.74, 6) is -0.458. The van der Waals surface area contributed by atoms with Crippen LogP contribution < -0.4 is 5.32 Å². The number of aromatic nitrogens is 2. The summed E-state index contributed by atoms with van der Waals surface area (Å²) >= 11 is 5.98. The molecule has 0 fully saturated rings. The summed E-state index contributed by atoms with van der Waals surface area (Å²) in [5, 5.41) is 2.92. The molecule has 110 valence electrons. The normalized spacial score (nSPS) is 10.5. The molecule has 0 bridgehead atoms. The highest BCUT2D eigenvalue weighted by atomic mass is 35.5. The highest BCUT2D eigenvalue weighted by molar-refractivity contribution is 6.29. The molecule has 0 amide bonds. The monoisotopic (exact) mass is 317 g/mol. The zero-order chi connectivity index (χ0) is 15.5. The van der Waals surface area contributed by atoms with Crippen molar-refractivity contribution in [1.82, 2.24) is 9.97 Å². The molecule has 0 unspecified atom stereocenters. The van der Waals surface area contributed by atoms with E-state index in [1.807, 2.05) is 30.3 Å². The van der Waals surface area contributed by atoms with Crippen LogP contribution in [-0.2, 0) is 0 Å². The van der Waals surface area contributed by atoms with Crippen molar-refractivity contribution >= 4 is 23.1 Å². The van der Waals surface area contributed by atoms with Gasteiger partial charge in [0.25, 0.3) is 0 Å². The van der Waals surface area contributed by atoms with E-state index in [4.69, 9.17) is 11.6 Å². The van der Waals surface area contributed by atoms with Gasteiger partial charge >= 0.3 is 0 Å². The number of rotatable bonds is 3. The van der Waals surface area contributed by atoms with Gasteiger partial charge in [-0.25, -0.2) is 18.7 Å². The van der Waals surface area contributed by atoms with Crippen molar-refractivity contribution in [2.75, 3.05) is 5.32 Å². The number of nitrogens with zero attached hydrogens (tertiary/aromatic N) is 2. The quantitative estimate of drug-likeness (QED) is 0.704. The van der Waals surface area contributed by atoms with Crippen molar-refractivity contribution in [2.45, 2.75) is 0 Å². The Balaban J connectivity index is 1.98. The van der Waals surface area contributed by atoms with Gasteiger partial charge in [-0.3, -0.25) is 0 Å². The van der Waals surface area contributed by atoms with Crippen LogP contribution >= 0.6 is 11.6 Å². The average molecular weight is 318 g/mol. The molecule has 0 aliphatic heterocycles. The molecule has 1 heterocycles. The third kappa shape index (κ3) is 3.20. The van der Waals surface area contributed by atoms with E-state index in [2.05, 4.69) is 15.3 Å². The first kappa shape index (κ1) is 14.4. The number of benzene rings is 2. The molecule has 6 heteroatoms. The van der Waals surface area contributed by atoms with Crippen LogP contribution in [0.1, 0.15) is 0 Å². The number of hydrogen-bond donors (Lipinski definition) is 1. The van der Waals surface area contributed by atoms with Crippen LogP contribution in [0.5, 0.6) is 0 Å². The Labute approximate surface area is 130 Å². The molecular weight excluding hydrogens is 308 g/mol. The minimum absolute atomic E-state index is 0.0196. The van der Waals surface area contributed by atoms with Gasteiger partial charge < -0.3 is 5.32 Å². The maximum Gasteiger partial charge on any atom is 0.163 e. The first-order chi connectivity index (χ1) is 10.6. The van der Waals surface area contributed by atoms with Crippen LogP contribution in [0.15, 0.2) is 54.6 Å². The molecule has 0 saturated carbocycles. The van der Waals surface area contributed by atoms with Crippen molar-refractivity contribution in [3.05, 3.63) is 71.4 Å². The molecule has 0 saturated heterocycles. The second kappa shape index (κ2) is 6.07. The van der Waals surface area contributed by atoms with Gasteiger partial charge in [-0.2, -0.15) is 0 Å². The summed E-state index contributed by atoms with van der Waals surface area (Å²) < 4.78 is 26.9. The molecule has 3 aromatic rings. The fraction of sp³-hybridized carbons (Fsp3) is 0. The van der Waals surface area contributed by atoms with E-state index in [1.165, 1.54) is 6.07 Å². The molecule has 0 aliphatic rings. The summed E-state index contributed by atoms with van der Waals surface area (Å²) in [6.07, 6.45) is 0. The lowest BCUT2D eigenvalue weighted by molar-refractivity contribution is 0.603. The molecule has 2 aromatic carbocycles. The van der Waals surface area contributed by atoms with E-state index < -0.39 is 11.6 Å². The van der Waals surface area contributed by atoms with Crippen molar-refractivity contribution in [1.29, 1.82) is 0 Å². The Hall–Kier alpha value is -2.53. The predicted molar refractivity (Wildman–Crippen MR) is 82.1 cm³/mol. The summed E-state index contributed by atoms with van der Waals surface area (Å²) in [6.45, 7) is 0. The third-order valence-electron chi connectivity index (χ3n) is 2.92. The summed E-state index contributed by atoms with van der Waals surface area (Å²) in [4.78, 5) is 8.41. The Morgan fingerprint density at radius 2 is 1.68 bits per heavy atom. The van der Waals surface area contributed by atoms with E-state index in [9.17, 15) is 8.78 Å². The zero-order valence-corrected chi connectivity index (χ0v) is 12.0. The van der Waals surface area contributed by atoms with E-state index in [1.54, 1.807) is 0 Å². The summed E-state index contributed by atoms with van der Waals surface area (Å²) in [5.41, 5.74) is 0.751. The highest BCUT2D eigenvalue weighted by Crippen LogP contribution is 2.24. The minimum Gasteiger partial charge on any atom is -0.338 e. The van der Waals surface area contributed by atoms with Gasteiger partial charge in [0.05, 0.1) is 5.69 Å². The Morgan fingerprint density at radius 3 is 2.45 bits per heavy atom. The summed E-state index contributed by atoms with van der Waals surface area (Å²) in [7, 11) is 0. The fourth-order valence-electron chi connectivity index (χ4n) is 1.93.